The SMILES string of the molecule is CC1(C)C(C2(CN)CCCCC2)CCS1(=O)=O. The van der Waals surface area contributed by atoms with Gasteiger partial charge in [0.2, 0.25) is 0 Å². The van der Waals surface area contributed by atoms with Gasteiger partial charge < -0.3 is 5.73 Å². The van der Waals surface area contributed by atoms with E-state index in [2.05, 4.69) is 0 Å². The van der Waals surface area contributed by atoms with E-state index in [9.17, 15) is 8.42 Å². The molecule has 0 aromatic carbocycles. The molecule has 1 saturated carbocycles. The van der Waals surface area contributed by atoms with Gasteiger partial charge in [0.1, 0.15) is 0 Å². The largest absolute Gasteiger partial charge is 0.330 e. The van der Waals surface area contributed by atoms with Crippen molar-refractivity contribution in [3.63, 3.8) is 0 Å². The zero-order chi connectivity index (χ0) is 12.7. The van der Waals surface area contributed by atoms with Crippen LogP contribution >= 0.6 is 0 Å². The Bertz CT molecular complexity index is 380. The first kappa shape index (κ1) is 13.3. The van der Waals surface area contributed by atoms with E-state index >= 15 is 0 Å². The van der Waals surface area contributed by atoms with Crippen molar-refractivity contribution >= 4 is 9.84 Å². The lowest BCUT2D eigenvalue weighted by molar-refractivity contribution is 0.0855. The van der Waals surface area contributed by atoms with Gasteiger partial charge in [-0.25, -0.2) is 8.42 Å². The minimum atomic E-state index is -2.93. The molecule has 1 saturated heterocycles. The number of rotatable bonds is 2. The molecule has 100 valence electrons. The lowest BCUT2D eigenvalue weighted by atomic mass is 9.61. The quantitative estimate of drug-likeness (QED) is 0.826. The summed E-state index contributed by atoms with van der Waals surface area (Å²) in [6, 6.07) is 0. The van der Waals surface area contributed by atoms with E-state index in [0.29, 0.717) is 12.3 Å². The van der Waals surface area contributed by atoms with E-state index in [-0.39, 0.29) is 11.3 Å². The summed E-state index contributed by atoms with van der Waals surface area (Å²) >= 11 is 0. The molecule has 2 N–H and O–H groups in total. The zero-order valence-electron chi connectivity index (χ0n) is 11.0. The van der Waals surface area contributed by atoms with Crippen molar-refractivity contribution in [1.82, 2.24) is 0 Å². The van der Waals surface area contributed by atoms with Crippen LogP contribution in [-0.4, -0.2) is 25.5 Å². The highest BCUT2D eigenvalue weighted by molar-refractivity contribution is 7.93. The lowest BCUT2D eigenvalue weighted by Gasteiger charge is -2.46. The van der Waals surface area contributed by atoms with Gasteiger partial charge in [-0.2, -0.15) is 0 Å². The lowest BCUT2D eigenvalue weighted by Crippen LogP contribution is -2.48. The number of sulfone groups is 1. The normalized spacial score (nSPS) is 34.6. The molecule has 17 heavy (non-hydrogen) atoms. The highest BCUT2D eigenvalue weighted by Crippen LogP contribution is 2.53. The fourth-order valence-electron chi connectivity index (χ4n) is 4.09. The fourth-order valence-corrected chi connectivity index (χ4v) is 5.97. The minimum absolute atomic E-state index is 0.0886. The Balaban J connectivity index is 2.33. The van der Waals surface area contributed by atoms with Gasteiger partial charge in [0.25, 0.3) is 0 Å². The van der Waals surface area contributed by atoms with Crippen molar-refractivity contribution in [2.75, 3.05) is 12.3 Å². The van der Waals surface area contributed by atoms with Gasteiger partial charge in [0, 0.05) is 0 Å². The number of hydrogen-bond acceptors (Lipinski definition) is 3. The zero-order valence-corrected chi connectivity index (χ0v) is 11.9. The summed E-state index contributed by atoms with van der Waals surface area (Å²) in [5.74, 6) is 0.608. The van der Waals surface area contributed by atoms with Crippen molar-refractivity contribution in [2.24, 2.45) is 17.1 Å². The van der Waals surface area contributed by atoms with Gasteiger partial charge in [-0.15, -0.1) is 0 Å². The van der Waals surface area contributed by atoms with Gasteiger partial charge in [0.15, 0.2) is 9.84 Å². The average molecular weight is 259 g/mol. The Morgan fingerprint density at radius 1 is 1.18 bits per heavy atom. The molecule has 1 heterocycles. The average Bonchev–Trinajstić information content (AvgIpc) is 2.50. The molecule has 2 fully saturated rings. The maximum absolute atomic E-state index is 12.2. The Labute approximate surface area is 105 Å². The molecule has 1 aliphatic carbocycles. The van der Waals surface area contributed by atoms with Crippen molar-refractivity contribution in [3.05, 3.63) is 0 Å². The summed E-state index contributed by atoms with van der Waals surface area (Å²) in [5, 5.41) is 0. The molecule has 0 aromatic heterocycles. The van der Waals surface area contributed by atoms with Crippen LogP contribution in [0.4, 0.5) is 0 Å². The summed E-state index contributed by atoms with van der Waals surface area (Å²) in [5.41, 5.74) is 6.12. The van der Waals surface area contributed by atoms with E-state index in [4.69, 9.17) is 5.73 Å². The van der Waals surface area contributed by atoms with Gasteiger partial charge in [0.05, 0.1) is 10.5 Å². The molecule has 1 unspecified atom stereocenters. The molecule has 0 radical (unpaired) electrons. The molecule has 3 nitrogen and oxygen atoms in total. The fraction of sp³-hybridized carbons (Fsp3) is 1.00. The molecule has 1 aliphatic heterocycles. The van der Waals surface area contributed by atoms with Crippen LogP contribution in [-0.2, 0) is 9.84 Å². The molecule has 0 aromatic rings. The topological polar surface area (TPSA) is 60.2 Å². The van der Waals surface area contributed by atoms with E-state index in [1.807, 2.05) is 13.8 Å². The Kier molecular flexibility index (Phi) is 3.32. The first-order valence-electron chi connectivity index (χ1n) is 6.78. The second-order valence-corrected chi connectivity index (χ2v) is 9.08. The Morgan fingerprint density at radius 2 is 1.76 bits per heavy atom. The third kappa shape index (κ3) is 1.93. The molecular weight excluding hydrogens is 234 g/mol. The van der Waals surface area contributed by atoms with Gasteiger partial charge in [-0.1, -0.05) is 19.3 Å². The van der Waals surface area contributed by atoms with Crippen molar-refractivity contribution in [1.29, 1.82) is 0 Å². The van der Waals surface area contributed by atoms with Crippen molar-refractivity contribution in [3.8, 4) is 0 Å². The molecule has 2 rings (SSSR count). The summed E-state index contributed by atoms with van der Waals surface area (Å²) in [7, 11) is -2.93. The maximum Gasteiger partial charge on any atom is 0.155 e. The van der Waals surface area contributed by atoms with Crippen LogP contribution in [0.1, 0.15) is 52.4 Å². The summed E-state index contributed by atoms with van der Waals surface area (Å²) in [6.07, 6.45) is 6.75. The minimum Gasteiger partial charge on any atom is -0.330 e. The van der Waals surface area contributed by atoms with Crippen molar-refractivity contribution < 1.29 is 8.42 Å². The molecule has 0 bridgehead atoms. The van der Waals surface area contributed by atoms with Crippen LogP contribution < -0.4 is 5.73 Å². The highest BCUT2D eigenvalue weighted by atomic mass is 32.2. The summed E-state index contributed by atoms with van der Waals surface area (Å²) < 4.78 is 23.7. The first-order valence-corrected chi connectivity index (χ1v) is 8.43. The van der Waals surface area contributed by atoms with E-state index < -0.39 is 14.6 Å². The van der Waals surface area contributed by atoms with Crippen LogP contribution in [0.25, 0.3) is 0 Å². The molecule has 0 spiro atoms. The van der Waals surface area contributed by atoms with Crippen LogP contribution in [0.15, 0.2) is 0 Å². The van der Waals surface area contributed by atoms with Gasteiger partial charge in [-0.3, -0.25) is 0 Å². The third-order valence-corrected chi connectivity index (χ3v) is 7.97. The molecule has 2 aliphatic rings. The van der Waals surface area contributed by atoms with Gasteiger partial charge in [-0.05, 0) is 51.0 Å². The summed E-state index contributed by atoms with van der Waals surface area (Å²) in [4.78, 5) is 0. The number of nitrogens with two attached hydrogens (primary N) is 1. The number of hydrogen-bond donors (Lipinski definition) is 1. The Morgan fingerprint density at radius 3 is 2.18 bits per heavy atom. The van der Waals surface area contributed by atoms with Crippen LogP contribution in [0.2, 0.25) is 0 Å². The molecular formula is C13H25NO2S. The standard InChI is InChI=1S/C13H25NO2S/c1-12(2)11(6-9-17(12,15)16)13(10-14)7-4-3-5-8-13/h11H,3-10,14H2,1-2H3. The molecule has 0 amide bonds. The van der Waals surface area contributed by atoms with Crippen molar-refractivity contribution in [2.45, 2.75) is 57.1 Å². The van der Waals surface area contributed by atoms with Crippen LogP contribution in [0.5, 0.6) is 0 Å². The smallest absolute Gasteiger partial charge is 0.155 e. The van der Waals surface area contributed by atoms with E-state index in [1.54, 1.807) is 0 Å². The summed E-state index contributed by atoms with van der Waals surface area (Å²) in [6.45, 7) is 4.47. The monoisotopic (exact) mass is 259 g/mol. The molecule has 1 atom stereocenters. The highest BCUT2D eigenvalue weighted by Gasteiger charge is 2.55. The second kappa shape index (κ2) is 4.23. The van der Waals surface area contributed by atoms with E-state index in [0.717, 1.165) is 19.3 Å². The first-order chi connectivity index (χ1) is 7.86. The van der Waals surface area contributed by atoms with Crippen LogP contribution in [0.3, 0.4) is 0 Å². The van der Waals surface area contributed by atoms with Gasteiger partial charge >= 0.3 is 0 Å². The van der Waals surface area contributed by atoms with E-state index in [1.165, 1.54) is 19.3 Å². The predicted octanol–water partition coefficient (Wildman–Crippen LogP) is 2.11. The third-order valence-electron chi connectivity index (χ3n) is 5.31. The van der Waals surface area contributed by atoms with Crippen LogP contribution in [0, 0.1) is 11.3 Å². The predicted molar refractivity (Wildman–Crippen MR) is 70.5 cm³/mol. The molecule has 4 heteroatoms. The maximum atomic E-state index is 12.2. The Hall–Kier alpha value is -0.0900. The second-order valence-electron chi connectivity index (χ2n) is 6.39.